The van der Waals surface area contributed by atoms with E-state index in [1.807, 2.05) is 0 Å². The molecule has 116 valence electrons. The molecule has 1 amide bonds. The molecule has 20 heavy (non-hydrogen) atoms. The number of methoxy groups -OCH3 is 1. The Morgan fingerprint density at radius 3 is 2.60 bits per heavy atom. The Labute approximate surface area is 122 Å². The maximum atomic E-state index is 11.5. The van der Waals surface area contributed by atoms with Crippen LogP contribution in [0.3, 0.4) is 0 Å². The Hall–Kier alpha value is -1.28. The molecule has 0 fully saturated rings. The van der Waals surface area contributed by atoms with Gasteiger partial charge in [-0.05, 0) is 13.3 Å². The summed E-state index contributed by atoms with van der Waals surface area (Å²) in [6, 6.07) is -1.07. The van der Waals surface area contributed by atoms with Crippen LogP contribution in [0.5, 0.6) is 0 Å². The second-order valence-corrected chi connectivity index (χ2v) is 4.95. The van der Waals surface area contributed by atoms with Crippen LogP contribution >= 0.6 is 11.8 Å². The predicted octanol–water partition coefficient (Wildman–Crippen LogP) is 0.279. The number of hydrogen-bond donors (Lipinski definition) is 2. The van der Waals surface area contributed by atoms with Crippen molar-refractivity contribution in [1.82, 2.24) is 5.32 Å². The van der Waals surface area contributed by atoms with Crippen LogP contribution in [0.4, 0.5) is 0 Å². The van der Waals surface area contributed by atoms with Gasteiger partial charge in [0.25, 0.3) is 0 Å². The lowest BCUT2D eigenvalue weighted by Gasteiger charge is -2.14. The Kier molecular flexibility index (Phi) is 10.8. The molecule has 8 heteroatoms. The van der Waals surface area contributed by atoms with Crippen molar-refractivity contribution in [2.75, 3.05) is 31.8 Å². The second-order valence-electron chi connectivity index (χ2n) is 3.85. The first-order valence-corrected chi connectivity index (χ1v) is 7.41. The number of carbonyl (C=O) groups is 3. The van der Waals surface area contributed by atoms with Gasteiger partial charge in [0.05, 0.1) is 19.0 Å². The number of hydrogen-bond acceptors (Lipinski definition) is 6. The molecule has 0 spiro atoms. The van der Waals surface area contributed by atoms with Gasteiger partial charge in [0.2, 0.25) is 5.91 Å². The normalized spacial score (nSPS) is 11.7. The zero-order valence-electron chi connectivity index (χ0n) is 11.7. The molecule has 0 saturated carbocycles. The molecule has 0 saturated heterocycles. The van der Waals surface area contributed by atoms with Crippen LogP contribution in [0, 0.1) is 0 Å². The number of amides is 1. The predicted molar refractivity (Wildman–Crippen MR) is 74.6 cm³/mol. The number of aliphatic carboxylic acids is 1. The molecule has 0 unspecified atom stereocenters. The van der Waals surface area contributed by atoms with Crippen molar-refractivity contribution in [2.45, 2.75) is 25.8 Å². The first-order chi connectivity index (χ1) is 9.51. The number of ether oxygens (including phenoxy) is 2. The minimum absolute atomic E-state index is 0.0165. The van der Waals surface area contributed by atoms with E-state index in [9.17, 15) is 14.4 Å². The summed E-state index contributed by atoms with van der Waals surface area (Å²) in [5.41, 5.74) is 0. The van der Waals surface area contributed by atoms with Crippen molar-refractivity contribution in [2.24, 2.45) is 0 Å². The Balaban J connectivity index is 4.03. The molecule has 0 heterocycles. The molecule has 1 atom stereocenters. The average molecular weight is 307 g/mol. The molecule has 0 rings (SSSR count). The van der Waals surface area contributed by atoms with E-state index in [4.69, 9.17) is 14.6 Å². The Morgan fingerprint density at radius 1 is 1.35 bits per heavy atom. The summed E-state index contributed by atoms with van der Waals surface area (Å²) in [6.45, 7) is 2.45. The first-order valence-electron chi connectivity index (χ1n) is 6.25. The standard InChI is InChI=1S/C12H21NO6S/c1-3-19-11(15)5-4-9(12(16)17)13-10(14)8-20-7-6-18-2/h9H,3-8H2,1-2H3,(H,13,14)(H,16,17)/t9-/m0/s1. The average Bonchev–Trinajstić information content (AvgIpc) is 2.39. The summed E-state index contributed by atoms with van der Waals surface area (Å²) in [4.78, 5) is 33.7. The maximum absolute atomic E-state index is 11.5. The van der Waals surface area contributed by atoms with E-state index in [0.717, 1.165) is 0 Å². The highest BCUT2D eigenvalue weighted by molar-refractivity contribution is 7.99. The van der Waals surface area contributed by atoms with Gasteiger partial charge in [0.1, 0.15) is 6.04 Å². The van der Waals surface area contributed by atoms with Crippen LogP contribution in [0.25, 0.3) is 0 Å². The van der Waals surface area contributed by atoms with Crippen molar-refractivity contribution in [3.05, 3.63) is 0 Å². The largest absolute Gasteiger partial charge is 0.480 e. The number of thioether (sulfide) groups is 1. The molecule has 0 aliphatic rings. The van der Waals surface area contributed by atoms with E-state index in [0.29, 0.717) is 12.4 Å². The van der Waals surface area contributed by atoms with Crippen LogP contribution in [0.1, 0.15) is 19.8 Å². The van der Waals surface area contributed by atoms with E-state index >= 15 is 0 Å². The summed E-state index contributed by atoms with van der Waals surface area (Å²) in [6.07, 6.45) is -0.0233. The van der Waals surface area contributed by atoms with Gasteiger partial charge in [-0.15, -0.1) is 11.8 Å². The minimum atomic E-state index is -1.16. The van der Waals surface area contributed by atoms with Crippen LogP contribution in [-0.4, -0.2) is 60.8 Å². The molecule has 0 aliphatic heterocycles. The highest BCUT2D eigenvalue weighted by Gasteiger charge is 2.21. The number of carboxylic acid groups (broad SMARTS) is 1. The number of esters is 1. The Bertz CT molecular complexity index is 323. The van der Waals surface area contributed by atoms with Gasteiger partial charge in [-0.2, -0.15) is 0 Å². The van der Waals surface area contributed by atoms with Gasteiger partial charge in [-0.1, -0.05) is 0 Å². The monoisotopic (exact) mass is 307 g/mol. The van der Waals surface area contributed by atoms with Gasteiger partial charge < -0.3 is 19.9 Å². The van der Waals surface area contributed by atoms with Gasteiger partial charge >= 0.3 is 11.9 Å². The van der Waals surface area contributed by atoms with Gasteiger partial charge in [0.15, 0.2) is 0 Å². The van der Waals surface area contributed by atoms with Crippen LogP contribution in [0.15, 0.2) is 0 Å². The summed E-state index contributed by atoms with van der Waals surface area (Å²) in [5, 5.41) is 11.4. The van der Waals surface area contributed by atoms with Crippen molar-refractivity contribution in [1.29, 1.82) is 0 Å². The van der Waals surface area contributed by atoms with E-state index in [1.54, 1.807) is 14.0 Å². The second kappa shape index (κ2) is 11.5. The Morgan fingerprint density at radius 2 is 2.05 bits per heavy atom. The highest BCUT2D eigenvalue weighted by Crippen LogP contribution is 2.03. The summed E-state index contributed by atoms with van der Waals surface area (Å²) >= 11 is 1.35. The third-order valence-corrected chi connectivity index (χ3v) is 3.16. The number of carbonyl (C=O) groups excluding carboxylic acids is 2. The quantitative estimate of drug-likeness (QED) is 0.417. The molecular formula is C12H21NO6S. The lowest BCUT2D eigenvalue weighted by molar-refractivity contribution is -0.145. The molecule has 0 radical (unpaired) electrons. The topological polar surface area (TPSA) is 102 Å². The SMILES string of the molecule is CCOC(=O)CC[C@H](NC(=O)CSCCOC)C(=O)O. The summed E-state index contributed by atoms with van der Waals surface area (Å²) in [7, 11) is 1.57. The van der Waals surface area contributed by atoms with Gasteiger partial charge in [-0.3, -0.25) is 9.59 Å². The zero-order valence-corrected chi connectivity index (χ0v) is 12.5. The van der Waals surface area contributed by atoms with E-state index in [2.05, 4.69) is 5.32 Å². The number of nitrogens with one attached hydrogen (secondary N) is 1. The molecule has 0 bridgehead atoms. The fraction of sp³-hybridized carbons (Fsp3) is 0.750. The zero-order chi connectivity index (χ0) is 15.4. The summed E-state index contributed by atoms with van der Waals surface area (Å²) in [5.74, 6) is -1.19. The van der Waals surface area contributed by atoms with Crippen LogP contribution in [-0.2, 0) is 23.9 Å². The lowest BCUT2D eigenvalue weighted by atomic mass is 10.1. The van der Waals surface area contributed by atoms with E-state index < -0.39 is 18.0 Å². The summed E-state index contributed by atoms with van der Waals surface area (Å²) < 4.78 is 9.54. The minimum Gasteiger partial charge on any atom is -0.480 e. The van der Waals surface area contributed by atoms with Gasteiger partial charge in [0, 0.05) is 19.3 Å². The highest BCUT2D eigenvalue weighted by atomic mass is 32.2. The third-order valence-electron chi connectivity index (χ3n) is 2.24. The molecule has 0 aromatic rings. The van der Waals surface area contributed by atoms with Crippen molar-refractivity contribution >= 4 is 29.6 Å². The third kappa shape index (κ3) is 9.62. The van der Waals surface area contributed by atoms with E-state index in [1.165, 1.54) is 11.8 Å². The molecule has 0 aromatic heterocycles. The smallest absolute Gasteiger partial charge is 0.326 e. The first kappa shape index (κ1) is 18.7. The molecule has 0 aliphatic carbocycles. The van der Waals surface area contributed by atoms with Crippen molar-refractivity contribution < 1.29 is 29.0 Å². The lowest BCUT2D eigenvalue weighted by Crippen LogP contribution is -2.42. The molecule has 7 nitrogen and oxygen atoms in total. The van der Waals surface area contributed by atoms with Crippen molar-refractivity contribution in [3.63, 3.8) is 0 Å². The molecular weight excluding hydrogens is 286 g/mol. The fourth-order valence-electron chi connectivity index (χ4n) is 1.30. The molecule has 0 aromatic carbocycles. The van der Waals surface area contributed by atoms with Crippen LogP contribution in [0.2, 0.25) is 0 Å². The maximum Gasteiger partial charge on any atom is 0.326 e. The van der Waals surface area contributed by atoms with Crippen LogP contribution < -0.4 is 5.32 Å². The fourth-order valence-corrected chi connectivity index (χ4v) is 1.99. The van der Waals surface area contributed by atoms with E-state index in [-0.39, 0.29) is 31.1 Å². The number of carboxylic acids is 1. The van der Waals surface area contributed by atoms with Gasteiger partial charge in [-0.25, -0.2) is 4.79 Å². The van der Waals surface area contributed by atoms with Crippen molar-refractivity contribution in [3.8, 4) is 0 Å². The number of rotatable bonds is 11. The molecule has 2 N–H and O–H groups in total.